The van der Waals surface area contributed by atoms with E-state index < -0.39 is 0 Å². The van der Waals surface area contributed by atoms with E-state index >= 15 is 0 Å². The van der Waals surface area contributed by atoms with Crippen LogP contribution < -0.4 is 0 Å². The van der Waals surface area contributed by atoms with Crippen LogP contribution >= 0.6 is 0 Å². The van der Waals surface area contributed by atoms with Crippen LogP contribution in [0.5, 0.6) is 0 Å². The first-order valence-corrected chi connectivity index (χ1v) is 1.79. The predicted octanol–water partition coefficient (Wildman–Crippen LogP) is -0.575. The number of halogens is 2. The fourth-order valence-corrected chi connectivity index (χ4v) is 0. The summed E-state index contributed by atoms with van der Waals surface area (Å²) in [4.78, 5) is 0. The zero-order valence-electron chi connectivity index (χ0n) is 2.30. The molecule has 29 valence electrons. The third-order valence-corrected chi connectivity index (χ3v) is 0. The number of hydrogen-bond donors (Lipinski definition) is 0. The van der Waals surface area contributed by atoms with Crippen molar-refractivity contribution >= 4 is 43.1 Å². The molecule has 0 aromatic carbocycles. The van der Waals surface area contributed by atoms with Gasteiger partial charge in [-0.05, 0) is 0 Å². The minimum atomic E-state index is 0. The van der Waals surface area contributed by atoms with E-state index in [-0.39, 0.29) is 52.6 Å². The molecule has 0 aliphatic rings. The first kappa shape index (κ1) is 35.8. The fourth-order valence-electron chi connectivity index (χ4n) is 0. The molecule has 0 atom stereocenters. The van der Waals surface area contributed by atoms with Crippen LogP contribution in [0.1, 0.15) is 0 Å². The van der Waals surface area contributed by atoms with Gasteiger partial charge in [0, 0.05) is 17.4 Å². The van der Waals surface area contributed by atoms with Gasteiger partial charge in [0.2, 0.25) is 0 Å². The number of hydrogen-bond acceptors (Lipinski definition) is 1. The van der Waals surface area contributed by atoms with E-state index in [1.807, 2.05) is 0 Å². The Kier molecular flexibility index (Phi) is 499. The zero-order chi connectivity index (χ0) is 2.00. The van der Waals surface area contributed by atoms with Crippen LogP contribution in [0.2, 0.25) is 0 Å². The molecule has 0 saturated heterocycles. The molecular weight excluding hydrogens is 288 g/mol. The van der Waals surface area contributed by atoms with Gasteiger partial charge in [0.1, 0.15) is 0 Å². The van der Waals surface area contributed by atoms with Crippen molar-refractivity contribution in [2.24, 2.45) is 0 Å². The topological polar surface area (TPSA) is 17.1 Å². The third-order valence-electron chi connectivity index (χ3n) is 0. The Labute approximate surface area is 55.2 Å². The van der Waals surface area contributed by atoms with Crippen molar-refractivity contribution < 1.29 is 12.1 Å². The molecular formula is H2AlF2OPb. The van der Waals surface area contributed by atoms with E-state index in [0.29, 0.717) is 0 Å². The molecule has 5 heteroatoms. The fraction of sp³-hybridized carbons (Fsp3) is 0. The van der Waals surface area contributed by atoms with Crippen molar-refractivity contribution in [1.29, 1.82) is 0 Å². The van der Waals surface area contributed by atoms with Crippen LogP contribution in [0, 0.1) is 0 Å². The summed E-state index contributed by atoms with van der Waals surface area (Å²) in [7, 11) is 0. The Balaban J connectivity index is -0.00000000167. The maximum absolute atomic E-state index is 8.39. The Morgan fingerprint density at radius 2 is 1.00 bits per heavy atom. The van der Waals surface area contributed by atoms with Gasteiger partial charge in [0.15, 0.2) is 0 Å². The molecule has 0 bridgehead atoms. The Morgan fingerprint density at radius 1 is 1.00 bits per heavy atom. The van der Waals surface area contributed by atoms with Crippen LogP contribution in [0.25, 0.3) is 0 Å². The van der Waals surface area contributed by atoms with E-state index in [9.17, 15) is 0 Å². The molecule has 0 heterocycles. The van der Waals surface area contributed by atoms with Crippen molar-refractivity contribution in [3.63, 3.8) is 0 Å². The average molecular weight is 290 g/mol. The molecule has 0 aliphatic carbocycles. The average Bonchev–Trinajstić information content (AvgIpc) is 1.00. The maximum atomic E-state index is 8.39. The first-order valence-electron chi connectivity index (χ1n) is 0.204. The molecule has 0 saturated carbocycles. The predicted molar refractivity (Wildman–Crippen MR) is 17.2 cm³/mol. The molecule has 0 spiro atoms. The minimum absolute atomic E-state index is 0. The summed E-state index contributed by atoms with van der Waals surface area (Å²) in [5.74, 6) is 0. The Hall–Kier alpha value is 1.11. The summed E-state index contributed by atoms with van der Waals surface area (Å²) < 4.78 is 8.39. The van der Waals surface area contributed by atoms with Crippen LogP contribution in [-0.2, 0) is 2.69 Å². The van der Waals surface area contributed by atoms with E-state index in [1.165, 1.54) is 0 Å². The van der Waals surface area contributed by atoms with Gasteiger partial charge in [-0.2, -0.15) is 0 Å². The van der Waals surface area contributed by atoms with Gasteiger partial charge in [-0.3, -0.25) is 9.41 Å². The van der Waals surface area contributed by atoms with Crippen molar-refractivity contribution in [2.75, 3.05) is 0 Å². The second-order valence-electron chi connectivity index (χ2n) is 0. The van der Waals surface area contributed by atoms with Gasteiger partial charge in [0.25, 0.3) is 0 Å². The summed E-state index contributed by atoms with van der Waals surface area (Å²) in [5, 5.41) is 0. The third kappa shape index (κ3) is 39.9. The second kappa shape index (κ2) is 69.7. The quantitative estimate of drug-likeness (QED) is 0.546. The summed E-state index contributed by atoms with van der Waals surface area (Å²) >= 11 is 0.0556. The van der Waals surface area contributed by atoms with Crippen LogP contribution in [0.3, 0.4) is 0 Å². The van der Waals surface area contributed by atoms with E-state index in [1.54, 1.807) is 0 Å². The molecule has 5 heavy (non-hydrogen) atoms. The second-order valence-corrected chi connectivity index (χ2v) is 0. The SMILES string of the molecule is F.F.[Al].[O]=[Pb]. The summed E-state index contributed by atoms with van der Waals surface area (Å²) in [6.07, 6.45) is 0. The summed E-state index contributed by atoms with van der Waals surface area (Å²) in [6.45, 7) is 0. The van der Waals surface area contributed by atoms with Gasteiger partial charge >= 0.3 is 28.5 Å². The van der Waals surface area contributed by atoms with Gasteiger partial charge in [-0.15, -0.1) is 0 Å². The normalized spacial score (nSPS) is 0.800. The van der Waals surface area contributed by atoms with E-state index in [0.717, 1.165) is 0 Å². The van der Waals surface area contributed by atoms with Crippen LogP contribution in [0.4, 0.5) is 9.41 Å². The first-order chi connectivity index (χ1) is 1.00. The molecule has 0 aromatic rings. The molecule has 0 fully saturated rings. The van der Waals surface area contributed by atoms with Gasteiger partial charge in [-0.25, -0.2) is 0 Å². The zero-order valence-corrected chi connectivity index (χ0v) is 7.34. The van der Waals surface area contributed by atoms with Crippen LogP contribution in [-0.4, -0.2) is 43.1 Å². The monoisotopic (exact) mass is 291 g/mol. The summed E-state index contributed by atoms with van der Waals surface area (Å²) in [5.41, 5.74) is 0. The Bertz CT molecular complexity index is 9.61. The number of rotatable bonds is 0. The van der Waals surface area contributed by atoms with Gasteiger partial charge in [0.05, 0.1) is 0 Å². The molecule has 0 N–H and O–H groups in total. The summed E-state index contributed by atoms with van der Waals surface area (Å²) in [6, 6.07) is 0. The molecule has 5 radical (unpaired) electrons. The van der Waals surface area contributed by atoms with Gasteiger partial charge in [-0.1, -0.05) is 0 Å². The molecule has 0 rings (SSSR count). The molecule has 0 amide bonds. The molecule has 0 unspecified atom stereocenters. The van der Waals surface area contributed by atoms with Crippen molar-refractivity contribution in [3.8, 4) is 0 Å². The van der Waals surface area contributed by atoms with Crippen molar-refractivity contribution in [1.82, 2.24) is 0 Å². The van der Waals surface area contributed by atoms with Gasteiger partial charge < -0.3 is 0 Å². The molecule has 1 nitrogen and oxygen atoms in total. The molecule has 0 aromatic heterocycles. The van der Waals surface area contributed by atoms with Crippen molar-refractivity contribution in [2.45, 2.75) is 0 Å². The van der Waals surface area contributed by atoms with E-state index in [2.05, 4.69) is 0 Å². The van der Waals surface area contributed by atoms with E-state index in [4.69, 9.17) is 2.69 Å². The van der Waals surface area contributed by atoms with Crippen molar-refractivity contribution in [3.05, 3.63) is 0 Å². The molecule has 0 aliphatic heterocycles. The Morgan fingerprint density at radius 3 is 1.00 bits per heavy atom. The van der Waals surface area contributed by atoms with Crippen LogP contribution in [0.15, 0.2) is 0 Å². The standard InChI is InChI=1S/Al.2FH.O.Pb/h;2*1H;;.